The number of aliphatic carboxylic acids is 1. The lowest BCUT2D eigenvalue weighted by atomic mass is 9.98. The Hall–Kier alpha value is -2.54. The molecule has 7 nitrogen and oxygen atoms in total. The molecule has 0 fully saturated rings. The van der Waals surface area contributed by atoms with Crippen molar-refractivity contribution in [2.45, 2.75) is 13.3 Å². The van der Waals surface area contributed by atoms with Gasteiger partial charge >= 0.3 is 5.97 Å². The number of amides is 1. The van der Waals surface area contributed by atoms with E-state index < -0.39 is 17.8 Å². The fourth-order valence-corrected chi connectivity index (χ4v) is 2.66. The summed E-state index contributed by atoms with van der Waals surface area (Å²) in [6.45, 7) is 1.70. The summed E-state index contributed by atoms with van der Waals surface area (Å²) in [6, 6.07) is 7.19. The van der Waals surface area contributed by atoms with Crippen molar-refractivity contribution in [3.8, 4) is 5.75 Å². The van der Waals surface area contributed by atoms with Gasteiger partial charge in [0.25, 0.3) is 5.91 Å². The number of methoxy groups -OCH3 is 1. The minimum absolute atomic E-state index is 0.0435. The molecule has 1 aromatic carbocycles. The first-order valence-corrected chi connectivity index (χ1v) is 8.05. The van der Waals surface area contributed by atoms with E-state index in [1.54, 1.807) is 26.1 Å². The van der Waals surface area contributed by atoms with Gasteiger partial charge in [0.1, 0.15) is 5.75 Å². The van der Waals surface area contributed by atoms with E-state index in [9.17, 15) is 14.7 Å². The number of nitrogens with zero attached hydrogens (tertiary/aromatic N) is 2. The number of nitrogens with one attached hydrogen (secondary N) is 1. The number of para-hydroxylation sites is 1. The second-order valence-corrected chi connectivity index (χ2v) is 6.01. The minimum Gasteiger partial charge on any atom is -0.496 e. The third-order valence-electron chi connectivity index (χ3n) is 3.99. The third-order valence-corrected chi connectivity index (χ3v) is 4.45. The van der Waals surface area contributed by atoms with Crippen LogP contribution in [0.4, 0.5) is 0 Å². The fourth-order valence-electron chi connectivity index (χ4n) is 2.41. The fraction of sp³-hybridized carbons (Fsp3) is 0.353. The molecule has 0 aliphatic heterocycles. The first-order valence-electron chi connectivity index (χ1n) is 7.67. The van der Waals surface area contributed by atoms with Gasteiger partial charge < -0.3 is 15.2 Å². The average molecular weight is 366 g/mol. The van der Waals surface area contributed by atoms with Gasteiger partial charge in [-0.3, -0.25) is 14.3 Å². The standard InChI is InChI=1S/C17H20ClN3O4/c1-10-14(18)15(20-21(10)2)16(22)19-9-12(17(23)24)8-11-6-4-5-7-13(11)25-3/h4-7,12H,8-9H2,1-3H3,(H,19,22)(H,23,24). The topological polar surface area (TPSA) is 93.5 Å². The quantitative estimate of drug-likeness (QED) is 0.783. The minimum atomic E-state index is -1.01. The highest BCUT2D eigenvalue weighted by Gasteiger charge is 2.23. The Kier molecular flexibility index (Phi) is 6.03. The summed E-state index contributed by atoms with van der Waals surface area (Å²) in [5.74, 6) is -1.69. The molecular formula is C17H20ClN3O4. The van der Waals surface area contributed by atoms with Crippen molar-refractivity contribution in [3.05, 3.63) is 46.2 Å². The number of carboxylic acids is 1. The highest BCUT2D eigenvalue weighted by atomic mass is 35.5. The van der Waals surface area contributed by atoms with Crippen molar-refractivity contribution < 1.29 is 19.4 Å². The predicted molar refractivity (Wildman–Crippen MR) is 93.1 cm³/mol. The van der Waals surface area contributed by atoms with Crippen molar-refractivity contribution in [3.63, 3.8) is 0 Å². The summed E-state index contributed by atoms with van der Waals surface area (Å²) in [7, 11) is 3.21. The van der Waals surface area contributed by atoms with E-state index in [-0.39, 0.29) is 23.7 Å². The number of aryl methyl sites for hydroxylation is 1. The molecule has 2 rings (SSSR count). The lowest BCUT2D eigenvalue weighted by molar-refractivity contribution is -0.141. The molecule has 2 N–H and O–H groups in total. The number of carbonyl (C=O) groups is 2. The van der Waals surface area contributed by atoms with Crippen LogP contribution in [0.1, 0.15) is 21.7 Å². The zero-order valence-corrected chi connectivity index (χ0v) is 15.0. The van der Waals surface area contributed by atoms with Gasteiger partial charge in [-0.15, -0.1) is 0 Å². The summed E-state index contributed by atoms with van der Waals surface area (Å²) in [5, 5.41) is 16.4. The number of hydrogen-bond donors (Lipinski definition) is 2. The van der Waals surface area contributed by atoms with Crippen LogP contribution < -0.4 is 10.1 Å². The average Bonchev–Trinajstić information content (AvgIpc) is 2.85. The van der Waals surface area contributed by atoms with Gasteiger partial charge in [0.05, 0.1) is 23.7 Å². The molecule has 0 aliphatic carbocycles. The van der Waals surface area contributed by atoms with Crippen LogP contribution >= 0.6 is 11.6 Å². The van der Waals surface area contributed by atoms with E-state index in [1.807, 2.05) is 12.1 Å². The summed E-state index contributed by atoms with van der Waals surface area (Å²) >= 11 is 6.08. The smallest absolute Gasteiger partial charge is 0.308 e. The maximum atomic E-state index is 12.2. The van der Waals surface area contributed by atoms with Gasteiger partial charge in [0, 0.05) is 13.6 Å². The third kappa shape index (κ3) is 4.30. The number of carbonyl (C=O) groups excluding carboxylic acids is 1. The molecule has 1 unspecified atom stereocenters. The molecule has 0 saturated carbocycles. The molecule has 25 heavy (non-hydrogen) atoms. The van der Waals surface area contributed by atoms with E-state index >= 15 is 0 Å². The highest BCUT2D eigenvalue weighted by molar-refractivity contribution is 6.34. The van der Waals surface area contributed by atoms with Crippen LogP contribution in [0.5, 0.6) is 5.75 Å². The molecule has 0 saturated heterocycles. The molecule has 0 spiro atoms. The number of halogens is 1. The second-order valence-electron chi connectivity index (χ2n) is 5.63. The molecule has 1 aromatic heterocycles. The summed E-state index contributed by atoms with van der Waals surface area (Å²) < 4.78 is 6.74. The van der Waals surface area contributed by atoms with Gasteiger partial charge in [-0.1, -0.05) is 29.8 Å². The summed E-state index contributed by atoms with van der Waals surface area (Å²) in [6.07, 6.45) is 0.231. The molecular weight excluding hydrogens is 346 g/mol. The number of rotatable bonds is 7. The number of ether oxygens (including phenoxy) is 1. The van der Waals surface area contributed by atoms with Crippen molar-refractivity contribution in [2.24, 2.45) is 13.0 Å². The van der Waals surface area contributed by atoms with E-state index in [4.69, 9.17) is 16.3 Å². The second kappa shape index (κ2) is 8.02. The van der Waals surface area contributed by atoms with E-state index in [1.165, 1.54) is 11.8 Å². The first kappa shape index (κ1) is 18.8. The van der Waals surface area contributed by atoms with Crippen LogP contribution in [0, 0.1) is 12.8 Å². The van der Waals surface area contributed by atoms with Gasteiger partial charge in [-0.05, 0) is 25.0 Å². The van der Waals surface area contributed by atoms with Crippen molar-refractivity contribution in [2.75, 3.05) is 13.7 Å². The Balaban J connectivity index is 2.08. The largest absolute Gasteiger partial charge is 0.496 e. The molecule has 134 valence electrons. The Morgan fingerprint density at radius 2 is 2.08 bits per heavy atom. The molecule has 0 radical (unpaired) electrons. The van der Waals surface area contributed by atoms with Gasteiger partial charge in [-0.25, -0.2) is 0 Å². The molecule has 1 atom stereocenters. The Labute approximate surface area is 150 Å². The van der Waals surface area contributed by atoms with Crippen LogP contribution in [0.15, 0.2) is 24.3 Å². The number of carboxylic acid groups (broad SMARTS) is 1. The SMILES string of the molecule is COc1ccccc1CC(CNC(=O)c1nn(C)c(C)c1Cl)C(=O)O. The summed E-state index contributed by atoms with van der Waals surface area (Å²) in [4.78, 5) is 23.8. The maximum absolute atomic E-state index is 12.2. The van der Waals surface area contributed by atoms with Gasteiger partial charge in [0.15, 0.2) is 5.69 Å². The molecule has 0 bridgehead atoms. The zero-order chi connectivity index (χ0) is 18.6. The van der Waals surface area contributed by atoms with Crippen LogP contribution in [-0.4, -0.2) is 40.4 Å². The molecule has 0 aliphatic rings. The number of hydrogen-bond acceptors (Lipinski definition) is 4. The predicted octanol–water partition coefficient (Wildman–Crippen LogP) is 2.06. The lowest BCUT2D eigenvalue weighted by Gasteiger charge is -2.15. The number of benzene rings is 1. The Morgan fingerprint density at radius 3 is 2.64 bits per heavy atom. The van der Waals surface area contributed by atoms with E-state index in [2.05, 4.69) is 10.4 Å². The van der Waals surface area contributed by atoms with Crippen LogP contribution in [0.2, 0.25) is 5.02 Å². The van der Waals surface area contributed by atoms with E-state index in [0.29, 0.717) is 11.4 Å². The lowest BCUT2D eigenvalue weighted by Crippen LogP contribution is -2.34. The van der Waals surface area contributed by atoms with Crippen molar-refractivity contribution in [1.29, 1.82) is 0 Å². The molecule has 8 heteroatoms. The van der Waals surface area contributed by atoms with Crippen molar-refractivity contribution >= 4 is 23.5 Å². The Morgan fingerprint density at radius 1 is 1.40 bits per heavy atom. The molecule has 2 aromatic rings. The Bertz CT molecular complexity index is 788. The first-order chi connectivity index (χ1) is 11.8. The van der Waals surface area contributed by atoms with Gasteiger partial charge in [0.2, 0.25) is 0 Å². The maximum Gasteiger partial charge on any atom is 0.308 e. The van der Waals surface area contributed by atoms with Crippen molar-refractivity contribution in [1.82, 2.24) is 15.1 Å². The van der Waals surface area contributed by atoms with Crippen LogP contribution in [0.3, 0.4) is 0 Å². The van der Waals surface area contributed by atoms with Crippen LogP contribution in [0.25, 0.3) is 0 Å². The molecule has 1 heterocycles. The highest BCUT2D eigenvalue weighted by Crippen LogP contribution is 2.22. The monoisotopic (exact) mass is 365 g/mol. The van der Waals surface area contributed by atoms with Gasteiger partial charge in [-0.2, -0.15) is 5.10 Å². The summed E-state index contributed by atoms with van der Waals surface area (Å²) in [5.41, 5.74) is 1.51. The number of aromatic nitrogens is 2. The van der Waals surface area contributed by atoms with E-state index in [0.717, 1.165) is 5.56 Å². The normalized spacial score (nSPS) is 11.8. The van der Waals surface area contributed by atoms with Crippen LogP contribution in [-0.2, 0) is 18.3 Å². The molecule has 1 amide bonds. The zero-order valence-electron chi connectivity index (χ0n) is 14.2.